The number of hydrogen-bond donors (Lipinski definition) is 0. The Morgan fingerprint density at radius 1 is 1.07 bits per heavy atom. The van der Waals surface area contributed by atoms with E-state index in [4.69, 9.17) is 14.2 Å². The van der Waals surface area contributed by atoms with Crippen LogP contribution in [-0.2, 0) is 24.3 Å². The molecule has 0 radical (unpaired) electrons. The van der Waals surface area contributed by atoms with Gasteiger partial charge in [0, 0.05) is 38.7 Å². The minimum atomic E-state index is -3.81. The number of sulfonamides is 1. The van der Waals surface area contributed by atoms with E-state index in [0.29, 0.717) is 12.2 Å². The first-order chi connectivity index (χ1) is 13.3. The molecule has 1 aliphatic rings. The van der Waals surface area contributed by atoms with E-state index in [2.05, 4.69) is 0 Å². The molecule has 0 atom stereocenters. The molecule has 10 heteroatoms. The van der Waals surface area contributed by atoms with E-state index in [1.807, 2.05) is 6.92 Å². The molecule has 0 N–H and O–H groups in total. The first-order valence-electron chi connectivity index (χ1n) is 8.99. The van der Waals surface area contributed by atoms with Crippen molar-refractivity contribution in [3.05, 3.63) is 18.2 Å². The number of piperazine rings is 1. The van der Waals surface area contributed by atoms with Crippen LogP contribution in [0.15, 0.2) is 23.1 Å². The molecule has 1 saturated heterocycles. The van der Waals surface area contributed by atoms with Crippen LogP contribution in [0.4, 0.5) is 0 Å². The lowest BCUT2D eigenvalue weighted by Crippen LogP contribution is -2.51. The second kappa shape index (κ2) is 9.74. The van der Waals surface area contributed by atoms with Gasteiger partial charge >= 0.3 is 5.97 Å². The average Bonchev–Trinajstić information content (AvgIpc) is 2.71. The Balaban J connectivity index is 2.02. The molecule has 0 aliphatic carbocycles. The summed E-state index contributed by atoms with van der Waals surface area (Å²) in [6.45, 7) is 2.23. The molecule has 1 heterocycles. The molecule has 1 aliphatic heterocycles. The zero-order chi connectivity index (χ0) is 20.7. The third-order valence-electron chi connectivity index (χ3n) is 4.39. The summed E-state index contributed by atoms with van der Waals surface area (Å²) in [5.74, 6) is -0.119. The summed E-state index contributed by atoms with van der Waals surface area (Å²) in [5, 5.41) is 0. The largest absolute Gasteiger partial charge is 0.497 e. The van der Waals surface area contributed by atoms with E-state index >= 15 is 0 Å². The van der Waals surface area contributed by atoms with Crippen molar-refractivity contribution < 1.29 is 32.2 Å². The Bertz CT molecular complexity index is 802. The van der Waals surface area contributed by atoms with Crippen LogP contribution >= 0.6 is 0 Å². The van der Waals surface area contributed by atoms with Gasteiger partial charge in [0.15, 0.2) is 6.61 Å². The second-order valence-electron chi connectivity index (χ2n) is 6.21. The van der Waals surface area contributed by atoms with Gasteiger partial charge in [-0.1, -0.05) is 6.92 Å². The van der Waals surface area contributed by atoms with Crippen LogP contribution in [0.1, 0.15) is 19.8 Å². The Morgan fingerprint density at radius 2 is 1.75 bits per heavy atom. The molecule has 28 heavy (non-hydrogen) atoms. The number of benzene rings is 1. The zero-order valence-electron chi connectivity index (χ0n) is 16.3. The fourth-order valence-corrected chi connectivity index (χ4v) is 4.41. The molecule has 9 nitrogen and oxygen atoms in total. The molecule has 156 valence electrons. The summed E-state index contributed by atoms with van der Waals surface area (Å²) < 4.78 is 42.6. The van der Waals surface area contributed by atoms with Crippen molar-refractivity contribution in [1.82, 2.24) is 9.21 Å². The van der Waals surface area contributed by atoms with Crippen LogP contribution < -0.4 is 9.47 Å². The number of carbonyl (C=O) groups excluding carboxylic acids is 2. The van der Waals surface area contributed by atoms with Gasteiger partial charge in [-0.05, 0) is 18.6 Å². The van der Waals surface area contributed by atoms with Crippen LogP contribution in [0.3, 0.4) is 0 Å². The van der Waals surface area contributed by atoms with Gasteiger partial charge < -0.3 is 19.1 Å². The normalized spacial score (nSPS) is 15.2. The van der Waals surface area contributed by atoms with Gasteiger partial charge in [-0.2, -0.15) is 4.31 Å². The van der Waals surface area contributed by atoms with E-state index in [1.165, 1.54) is 35.6 Å². The van der Waals surface area contributed by atoms with Crippen molar-refractivity contribution in [2.75, 3.05) is 47.0 Å². The van der Waals surface area contributed by atoms with Crippen LogP contribution in [0.2, 0.25) is 0 Å². The predicted octanol–water partition coefficient (Wildman–Crippen LogP) is 0.880. The molecule has 1 aromatic rings. The highest BCUT2D eigenvalue weighted by molar-refractivity contribution is 7.89. The zero-order valence-corrected chi connectivity index (χ0v) is 17.2. The first-order valence-corrected chi connectivity index (χ1v) is 10.4. The number of amides is 1. The molecule has 1 aromatic carbocycles. The van der Waals surface area contributed by atoms with Gasteiger partial charge in [0.25, 0.3) is 5.91 Å². The second-order valence-corrected chi connectivity index (χ2v) is 8.12. The summed E-state index contributed by atoms with van der Waals surface area (Å²) in [6, 6.07) is 4.57. The van der Waals surface area contributed by atoms with Crippen molar-refractivity contribution >= 4 is 21.9 Å². The van der Waals surface area contributed by atoms with E-state index in [1.54, 1.807) is 6.07 Å². The molecule has 2 rings (SSSR count). The van der Waals surface area contributed by atoms with E-state index in [9.17, 15) is 18.0 Å². The minimum Gasteiger partial charge on any atom is -0.497 e. The first kappa shape index (κ1) is 22.0. The fourth-order valence-electron chi connectivity index (χ4n) is 2.81. The maximum Gasteiger partial charge on any atom is 0.306 e. The summed E-state index contributed by atoms with van der Waals surface area (Å²) in [7, 11) is -0.960. The Hall–Kier alpha value is -2.33. The lowest BCUT2D eigenvalue weighted by atomic mass is 10.3. The molecule has 0 unspecified atom stereocenters. The van der Waals surface area contributed by atoms with Gasteiger partial charge in [0.1, 0.15) is 16.4 Å². The highest BCUT2D eigenvalue weighted by atomic mass is 32.2. The van der Waals surface area contributed by atoms with Crippen LogP contribution in [0, 0.1) is 0 Å². The molecule has 0 bridgehead atoms. The standard InChI is InChI=1S/C18H26N2O7S/c1-4-5-18(22)27-13-17(21)19-8-10-20(11-9-19)28(23,24)16-12-14(25-2)6-7-15(16)26-3/h6-7,12H,4-5,8-11,13H2,1-3H3. The number of carbonyl (C=O) groups is 2. The highest BCUT2D eigenvalue weighted by Gasteiger charge is 2.32. The quantitative estimate of drug-likeness (QED) is 0.582. The summed E-state index contributed by atoms with van der Waals surface area (Å²) in [4.78, 5) is 25.1. The lowest BCUT2D eigenvalue weighted by Gasteiger charge is -2.34. The average molecular weight is 414 g/mol. The topological polar surface area (TPSA) is 102 Å². The Labute approximate surface area is 165 Å². The number of methoxy groups -OCH3 is 2. The number of hydrogen-bond acceptors (Lipinski definition) is 7. The minimum absolute atomic E-state index is 0.0163. The molecular formula is C18H26N2O7S. The molecule has 1 fully saturated rings. The predicted molar refractivity (Wildman–Crippen MR) is 101 cm³/mol. The van der Waals surface area contributed by atoms with Gasteiger partial charge in [-0.15, -0.1) is 0 Å². The third-order valence-corrected chi connectivity index (χ3v) is 6.31. The van der Waals surface area contributed by atoms with Gasteiger partial charge in [-0.3, -0.25) is 9.59 Å². The van der Waals surface area contributed by atoms with Gasteiger partial charge in [0.05, 0.1) is 14.2 Å². The van der Waals surface area contributed by atoms with E-state index in [0.717, 1.165) is 0 Å². The van der Waals surface area contributed by atoms with Crippen LogP contribution in [0.25, 0.3) is 0 Å². The summed E-state index contributed by atoms with van der Waals surface area (Å²) in [5.41, 5.74) is 0. The fraction of sp³-hybridized carbons (Fsp3) is 0.556. The van der Waals surface area contributed by atoms with E-state index < -0.39 is 16.0 Å². The van der Waals surface area contributed by atoms with E-state index in [-0.39, 0.29) is 55.8 Å². The van der Waals surface area contributed by atoms with Crippen molar-refractivity contribution in [3.8, 4) is 11.5 Å². The van der Waals surface area contributed by atoms with Crippen molar-refractivity contribution in [1.29, 1.82) is 0 Å². The van der Waals surface area contributed by atoms with Gasteiger partial charge in [0.2, 0.25) is 10.0 Å². The molecule has 0 saturated carbocycles. The summed E-state index contributed by atoms with van der Waals surface area (Å²) in [6.07, 6.45) is 0.916. The SMILES string of the molecule is CCCC(=O)OCC(=O)N1CCN(S(=O)(=O)c2cc(OC)ccc2OC)CC1. The Morgan fingerprint density at radius 3 is 2.32 bits per heavy atom. The number of ether oxygens (including phenoxy) is 3. The number of esters is 1. The molecule has 1 amide bonds. The van der Waals surface area contributed by atoms with Crippen molar-refractivity contribution in [2.45, 2.75) is 24.7 Å². The van der Waals surface area contributed by atoms with Crippen molar-refractivity contribution in [3.63, 3.8) is 0 Å². The monoisotopic (exact) mass is 414 g/mol. The molecule has 0 aromatic heterocycles. The maximum absolute atomic E-state index is 13.0. The third kappa shape index (κ3) is 5.14. The number of rotatable bonds is 8. The molecule has 0 spiro atoms. The van der Waals surface area contributed by atoms with Crippen LogP contribution in [0.5, 0.6) is 11.5 Å². The van der Waals surface area contributed by atoms with Crippen LogP contribution in [-0.4, -0.2) is 76.5 Å². The van der Waals surface area contributed by atoms with Gasteiger partial charge in [-0.25, -0.2) is 8.42 Å². The smallest absolute Gasteiger partial charge is 0.306 e. The lowest BCUT2D eigenvalue weighted by molar-refractivity contribution is -0.152. The summed E-state index contributed by atoms with van der Waals surface area (Å²) >= 11 is 0. The maximum atomic E-state index is 13.0. The molecular weight excluding hydrogens is 388 g/mol. The number of nitrogens with zero attached hydrogens (tertiary/aromatic N) is 2. The Kier molecular flexibility index (Phi) is 7.64. The van der Waals surface area contributed by atoms with Crippen molar-refractivity contribution in [2.24, 2.45) is 0 Å². The highest BCUT2D eigenvalue weighted by Crippen LogP contribution is 2.31.